The summed E-state index contributed by atoms with van der Waals surface area (Å²) in [5.74, 6) is 0.853. The van der Waals surface area contributed by atoms with Gasteiger partial charge < -0.3 is 15.3 Å². The molecule has 2 aliphatic rings. The maximum absolute atomic E-state index is 12.7. The number of likely N-dealkylation sites (tertiary alicyclic amines) is 1. The van der Waals surface area contributed by atoms with Gasteiger partial charge in [-0.3, -0.25) is 4.79 Å². The van der Waals surface area contributed by atoms with Gasteiger partial charge in [-0.05, 0) is 105 Å². The number of aryl methyl sites for hydroxylation is 1. The van der Waals surface area contributed by atoms with Gasteiger partial charge in [-0.1, -0.05) is 54.6 Å². The molecule has 0 aromatic heterocycles. The molecule has 3 aromatic carbocycles. The first-order chi connectivity index (χ1) is 16.7. The minimum absolute atomic E-state index is 0.107. The molecule has 3 aromatic rings. The van der Waals surface area contributed by atoms with Crippen molar-refractivity contribution in [2.45, 2.75) is 44.1 Å². The van der Waals surface area contributed by atoms with Crippen molar-refractivity contribution in [3.05, 3.63) is 101 Å². The predicted molar refractivity (Wildman–Crippen MR) is 137 cm³/mol. The van der Waals surface area contributed by atoms with Crippen LogP contribution in [-0.2, 0) is 6.42 Å². The highest BCUT2D eigenvalue weighted by atomic mass is 16.3. The Morgan fingerprint density at radius 3 is 2.35 bits per heavy atom. The van der Waals surface area contributed by atoms with Crippen LogP contribution < -0.4 is 5.32 Å². The van der Waals surface area contributed by atoms with Crippen LogP contribution in [0.25, 0.3) is 0 Å². The van der Waals surface area contributed by atoms with Crippen LogP contribution in [0.2, 0.25) is 0 Å². The van der Waals surface area contributed by atoms with Crippen LogP contribution >= 0.6 is 0 Å². The molecule has 2 unspecified atom stereocenters. The molecule has 4 heteroatoms. The van der Waals surface area contributed by atoms with Gasteiger partial charge in [0.1, 0.15) is 0 Å². The molecule has 176 valence electrons. The fourth-order valence-corrected chi connectivity index (χ4v) is 5.60. The average Bonchev–Trinajstić information content (AvgIpc) is 2.89. The SMILES string of the molecule is O=C(Nc1ccccc1)c1ccc2c(c1)CCC(CCN1CCC(c3ccccc3)CC1)C2O. The highest BCUT2D eigenvalue weighted by Crippen LogP contribution is 2.37. The van der Waals surface area contributed by atoms with E-state index < -0.39 is 6.10 Å². The maximum Gasteiger partial charge on any atom is 0.255 e. The van der Waals surface area contributed by atoms with Gasteiger partial charge in [0.05, 0.1) is 6.10 Å². The molecule has 1 aliphatic carbocycles. The van der Waals surface area contributed by atoms with Gasteiger partial charge in [-0.15, -0.1) is 0 Å². The number of piperidine rings is 1. The zero-order chi connectivity index (χ0) is 23.3. The van der Waals surface area contributed by atoms with Crippen LogP contribution in [0.5, 0.6) is 0 Å². The number of hydrogen-bond donors (Lipinski definition) is 2. The summed E-state index contributed by atoms with van der Waals surface area (Å²) in [5, 5.41) is 14.0. The third-order valence-corrected chi connectivity index (χ3v) is 7.66. The van der Waals surface area contributed by atoms with Crippen molar-refractivity contribution >= 4 is 11.6 Å². The summed E-state index contributed by atoms with van der Waals surface area (Å²) in [6.45, 7) is 3.33. The molecule has 4 nitrogen and oxygen atoms in total. The fourth-order valence-electron chi connectivity index (χ4n) is 5.60. The quantitative estimate of drug-likeness (QED) is 0.495. The van der Waals surface area contributed by atoms with Crippen LogP contribution in [0.15, 0.2) is 78.9 Å². The van der Waals surface area contributed by atoms with E-state index in [4.69, 9.17) is 0 Å². The second-order valence-corrected chi connectivity index (χ2v) is 9.79. The third kappa shape index (κ3) is 5.24. The Bertz CT molecular complexity index is 1090. The van der Waals surface area contributed by atoms with Crippen molar-refractivity contribution in [2.75, 3.05) is 25.0 Å². The van der Waals surface area contributed by atoms with Gasteiger partial charge >= 0.3 is 0 Å². The number of nitrogens with zero attached hydrogens (tertiary/aromatic N) is 1. The van der Waals surface area contributed by atoms with E-state index in [1.54, 1.807) is 0 Å². The van der Waals surface area contributed by atoms with Crippen LogP contribution in [-0.4, -0.2) is 35.5 Å². The Labute approximate surface area is 202 Å². The van der Waals surface area contributed by atoms with Gasteiger partial charge in [-0.2, -0.15) is 0 Å². The minimum atomic E-state index is -0.447. The molecular weight excluding hydrogens is 420 g/mol. The summed E-state index contributed by atoms with van der Waals surface area (Å²) in [5.41, 5.74) is 5.01. The van der Waals surface area contributed by atoms with E-state index in [0.717, 1.165) is 55.7 Å². The number of aliphatic hydroxyl groups is 1. The summed E-state index contributed by atoms with van der Waals surface area (Å²) in [4.78, 5) is 15.2. The zero-order valence-electron chi connectivity index (χ0n) is 19.7. The van der Waals surface area contributed by atoms with E-state index in [1.807, 2.05) is 48.5 Å². The van der Waals surface area contributed by atoms with Crippen molar-refractivity contribution in [3.63, 3.8) is 0 Å². The smallest absolute Gasteiger partial charge is 0.255 e. The summed E-state index contributed by atoms with van der Waals surface area (Å²) in [6.07, 6.45) is 4.89. The number of aliphatic hydroxyl groups excluding tert-OH is 1. The first-order valence-corrected chi connectivity index (χ1v) is 12.6. The second-order valence-electron chi connectivity index (χ2n) is 9.79. The van der Waals surface area contributed by atoms with E-state index in [-0.39, 0.29) is 11.8 Å². The molecule has 1 amide bonds. The molecule has 5 rings (SSSR count). The molecule has 2 N–H and O–H groups in total. The van der Waals surface area contributed by atoms with E-state index in [2.05, 4.69) is 40.5 Å². The highest BCUT2D eigenvalue weighted by molar-refractivity contribution is 6.04. The van der Waals surface area contributed by atoms with Crippen LogP contribution in [0.4, 0.5) is 5.69 Å². The number of carbonyl (C=O) groups excluding carboxylic acids is 1. The van der Waals surface area contributed by atoms with E-state index in [1.165, 1.54) is 18.4 Å². The topological polar surface area (TPSA) is 52.6 Å². The first-order valence-electron chi connectivity index (χ1n) is 12.6. The Balaban J connectivity index is 1.14. The highest BCUT2D eigenvalue weighted by Gasteiger charge is 2.29. The molecule has 0 spiro atoms. The van der Waals surface area contributed by atoms with Gasteiger partial charge in [-0.25, -0.2) is 0 Å². The third-order valence-electron chi connectivity index (χ3n) is 7.66. The van der Waals surface area contributed by atoms with Crippen LogP contribution in [0.3, 0.4) is 0 Å². The number of carbonyl (C=O) groups is 1. The Morgan fingerprint density at radius 2 is 1.62 bits per heavy atom. The minimum Gasteiger partial charge on any atom is -0.388 e. The summed E-state index contributed by atoms with van der Waals surface area (Å²) in [7, 11) is 0. The number of anilines is 1. The standard InChI is InChI=1S/C30H34N2O2/c33-29-24(17-20-32-18-15-23(16-19-32)22-7-3-1-4-8-22)11-12-25-21-26(13-14-28(25)29)30(34)31-27-9-5-2-6-10-27/h1-10,13-14,21,23-24,29,33H,11-12,15-20H2,(H,31,34). The van der Waals surface area contributed by atoms with E-state index in [0.29, 0.717) is 11.5 Å². The second kappa shape index (κ2) is 10.5. The molecular formula is C30H34N2O2. The molecule has 1 fully saturated rings. The first kappa shape index (κ1) is 22.8. The monoisotopic (exact) mass is 454 g/mol. The molecule has 0 saturated carbocycles. The molecule has 1 aliphatic heterocycles. The van der Waals surface area contributed by atoms with Crippen LogP contribution in [0.1, 0.15) is 64.8 Å². The molecule has 34 heavy (non-hydrogen) atoms. The Hall–Kier alpha value is -2.95. The lowest BCUT2D eigenvalue weighted by Gasteiger charge is -2.35. The number of nitrogens with one attached hydrogen (secondary N) is 1. The van der Waals surface area contributed by atoms with Gasteiger partial charge in [0.25, 0.3) is 5.91 Å². The van der Waals surface area contributed by atoms with Crippen molar-refractivity contribution in [1.82, 2.24) is 4.90 Å². The number of rotatable bonds is 6. The average molecular weight is 455 g/mol. The molecule has 0 bridgehead atoms. The molecule has 1 heterocycles. The van der Waals surface area contributed by atoms with E-state index >= 15 is 0 Å². The summed E-state index contributed by atoms with van der Waals surface area (Å²) in [6, 6.07) is 26.2. The number of hydrogen-bond acceptors (Lipinski definition) is 3. The number of benzene rings is 3. The van der Waals surface area contributed by atoms with Crippen molar-refractivity contribution in [2.24, 2.45) is 5.92 Å². The zero-order valence-corrected chi connectivity index (χ0v) is 19.7. The number of fused-ring (bicyclic) bond motifs is 1. The largest absolute Gasteiger partial charge is 0.388 e. The summed E-state index contributed by atoms with van der Waals surface area (Å²) < 4.78 is 0. The van der Waals surface area contributed by atoms with Crippen molar-refractivity contribution < 1.29 is 9.90 Å². The predicted octanol–water partition coefficient (Wildman–Crippen LogP) is 5.80. The lowest BCUT2D eigenvalue weighted by molar-refractivity contribution is 0.0771. The van der Waals surface area contributed by atoms with Crippen LogP contribution in [0, 0.1) is 5.92 Å². The molecule has 1 saturated heterocycles. The van der Waals surface area contributed by atoms with Crippen molar-refractivity contribution in [1.29, 1.82) is 0 Å². The van der Waals surface area contributed by atoms with E-state index in [9.17, 15) is 9.90 Å². The van der Waals surface area contributed by atoms with Gasteiger partial charge in [0, 0.05) is 11.3 Å². The van der Waals surface area contributed by atoms with Gasteiger partial charge in [0.15, 0.2) is 0 Å². The lowest BCUT2D eigenvalue weighted by Crippen LogP contribution is -2.35. The maximum atomic E-state index is 12.7. The van der Waals surface area contributed by atoms with Crippen molar-refractivity contribution in [3.8, 4) is 0 Å². The molecule has 2 atom stereocenters. The Kier molecular flexibility index (Phi) is 7.08. The summed E-state index contributed by atoms with van der Waals surface area (Å²) >= 11 is 0. The Morgan fingerprint density at radius 1 is 0.912 bits per heavy atom. The lowest BCUT2D eigenvalue weighted by atomic mass is 9.79. The molecule has 0 radical (unpaired) electrons. The van der Waals surface area contributed by atoms with Gasteiger partial charge in [0.2, 0.25) is 0 Å². The number of amides is 1. The number of para-hydroxylation sites is 1. The normalized spacial score (nSPS) is 21.1. The fraction of sp³-hybridized carbons (Fsp3) is 0.367.